The highest BCUT2D eigenvalue weighted by Crippen LogP contribution is 2.36. The lowest BCUT2D eigenvalue weighted by atomic mass is 9.99. The van der Waals surface area contributed by atoms with E-state index in [0.29, 0.717) is 13.1 Å². The van der Waals surface area contributed by atoms with E-state index in [0.717, 1.165) is 24.3 Å². The summed E-state index contributed by atoms with van der Waals surface area (Å²) in [6.45, 7) is 4.42. The molecule has 2 aromatic carbocycles. The number of fused-ring (bicyclic) bond motifs is 1. The third-order valence-electron chi connectivity index (χ3n) is 5.60. The van der Waals surface area contributed by atoms with Crippen LogP contribution in [0.3, 0.4) is 0 Å². The van der Waals surface area contributed by atoms with Gasteiger partial charge in [0.05, 0.1) is 28.8 Å². The van der Waals surface area contributed by atoms with E-state index in [1.807, 2.05) is 25.9 Å². The highest BCUT2D eigenvalue weighted by atomic mass is 32.2. The molecule has 0 bridgehead atoms. The number of carbonyl (C=O) groups is 1. The normalized spacial score (nSPS) is 20.0. The number of aliphatic hydroxyl groups is 1. The van der Waals surface area contributed by atoms with Crippen molar-refractivity contribution in [2.75, 3.05) is 38.5 Å². The summed E-state index contributed by atoms with van der Waals surface area (Å²) in [6.07, 6.45) is -0.350. The van der Waals surface area contributed by atoms with Crippen molar-refractivity contribution in [1.29, 1.82) is 0 Å². The topological polar surface area (TPSA) is 99.2 Å². The van der Waals surface area contributed by atoms with Crippen LogP contribution >= 0.6 is 0 Å². The number of halogens is 1. The summed E-state index contributed by atoms with van der Waals surface area (Å²) < 4.78 is 47.9. The molecule has 1 aliphatic rings. The van der Waals surface area contributed by atoms with Crippen molar-refractivity contribution >= 4 is 21.6 Å². The lowest BCUT2D eigenvalue weighted by Crippen LogP contribution is -2.49. The molecule has 1 heterocycles. The maximum absolute atomic E-state index is 13.4. The summed E-state index contributed by atoms with van der Waals surface area (Å²) in [4.78, 5) is 16.8. The number of rotatable bonds is 7. The molecule has 0 spiro atoms. The zero-order chi connectivity index (χ0) is 24.3. The highest BCUT2D eigenvalue weighted by Gasteiger charge is 2.34. The van der Waals surface area contributed by atoms with Gasteiger partial charge in [-0.25, -0.2) is 12.8 Å². The molecule has 33 heavy (non-hydrogen) atoms. The fraction of sp³-hybridized carbons (Fsp3) is 0.435. The van der Waals surface area contributed by atoms with Crippen LogP contribution in [0.4, 0.5) is 10.1 Å². The summed E-state index contributed by atoms with van der Waals surface area (Å²) in [7, 11) is -0.261. The molecular formula is C23H30FN3O5S. The molecule has 0 radical (unpaired) electrons. The Labute approximate surface area is 194 Å². The fourth-order valence-corrected chi connectivity index (χ4v) is 4.78. The number of para-hydroxylation sites is 1. The van der Waals surface area contributed by atoms with Gasteiger partial charge in [-0.1, -0.05) is 13.0 Å². The van der Waals surface area contributed by atoms with E-state index in [1.54, 1.807) is 24.0 Å². The number of carbonyl (C=O) groups excluding carboxylic acids is 1. The van der Waals surface area contributed by atoms with Gasteiger partial charge in [-0.2, -0.15) is 0 Å². The van der Waals surface area contributed by atoms with Crippen molar-refractivity contribution in [3.63, 3.8) is 0 Å². The number of amides is 1. The molecular weight excluding hydrogens is 449 g/mol. The van der Waals surface area contributed by atoms with Crippen LogP contribution in [0, 0.1) is 11.7 Å². The molecule has 8 nitrogen and oxygen atoms in total. The molecule has 3 atom stereocenters. The Morgan fingerprint density at radius 2 is 1.91 bits per heavy atom. The minimum atomic E-state index is -4.06. The third-order valence-corrected chi connectivity index (χ3v) is 6.99. The summed E-state index contributed by atoms with van der Waals surface area (Å²) in [6, 6.07) is 8.69. The lowest BCUT2D eigenvalue weighted by molar-refractivity contribution is 0.0366. The minimum absolute atomic E-state index is 0.0970. The van der Waals surface area contributed by atoms with Gasteiger partial charge in [-0.15, -0.1) is 0 Å². The predicted octanol–water partition coefficient (Wildman–Crippen LogP) is 2.41. The van der Waals surface area contributed by atoms with Crippen molar-refractivity contribution in [3.05, 3.63) is 53.8 Å². The summed E-state index contributed by atoms with van der Waals surface area (Å²) in [5, 5.41) is 9.71. The van der Waals surface area contributed by atoms with E-state index in [4.69, 9.17) is 4.74 Å². The number of benzene rings is 2. The van der Waals surface area contributed by atoms with Crippen molar-refractivity contribution in [3.8, 4) is 5.75 Å². The van der Waals surface area contributed by atoms with Crippen molar-refractivity contribution < 1.29 is 27.4 Å². The number of anilines is 1. The second-order valence-corrected chi connectivity index (χ2v) is 10.3. The van der Waals surface area contributed by atoms with Crippen LogP contribution in [-0.2, 0) is 10.0 Å². The van der Waals surface area contributed by atoms with Crippen molar-refractivity contribution in [1.82, 2.24) is 9.80 Å². The van der Waals surface area contributed by atoms with Gasteiger partial charge in [-0.3, -0.25) is 9.52 Å². The van der Waals surface area contributed by atoms with E-state index < -0.39 is 21.9 Å². The van der Waals surface area contributed by atoms with E-state index >= 15 is 0 Å². The van der Waals surface area contributed by atoms with Crippen LogP contribution in [0.15, 0.2) is 47.4 Å². The maximum atomic E-state index is 13.4. The maximum Gasteiger partial charge on any atom is 0.262 e. The molecule has 0 saturated heterocycles. The third kappa shape index (κ3) is 5.63. The van der Waals surface area contributed by atoms with Gasteiger partial charge < -0.3 is 19.6 Å². The second-order valence-electron chi connectivity index (χ2n) is 8.63. The van der Waals surface area contributed by atoms with Gasteiger partial charge in [0.15, 0.2) is 5.75 Å². The Hall–Kier alpha value is -2.69. The van der Waals surface area contributed by atoms with Gasteiger partial charge in [0.25, 0.3) is 15.9 Å². The van der Waals surface area contributed by atoms with Gasteiger partial charge in [0.1, 0.15) is 11.9 Å². The quantitative estimate of drug-likeness (QED) is 0.633. The Kier molecular flexibility index (Phi) is 7.61. The first-order chi connectivity index (χ1) is 15.5. The molecule has 10 heteroatoms. The number of aliphatic hydroxyl groups excluding tert-OH is 1. The number of hydrogen-bond acceptors (Lipinski definition) is 6. The first kappa shape index (κ1) is 24.9. The number of nitrogens with zero attached hydrogens (tertiary/aromatic N) is 2. The van der Waals surface area contributed by atoms with Crippen LogP contribution in [0.5, 0.6) is 5.75 Å². The van der Waals surface area contributed by atoms with E-state index in [9.17, 15) is 22.7 Å². The lowest BCUT2D eigenvalue weighted by Gasteiger charge is -2.38. The van der Waals surface area contributed by atoms with Gasteiger partial charge >= 0.3 is 0 Å². The van der Waals surface area contributed by atoms with Crippen molar-refractivity contribution in [2.45, 2.75) is 30.9 Å². The van der Waals surface area contributed by atoms with Crippen LogP contribution < -0.4 is 9.46 Å². The molecule has 1 amide bonds. The van der Waals surface area contributed by atoms with Gasteiger partial charge in [0.2, 0.25) is 0 Å². The molecule has 3 rings (SSSR count). The monoisotopic (exact) mass is 479 g/mol. The molecule has 0 saturated carbocycles. The van der Waals surface area contributed by atoms with Crippen LogP contribution in [0.2, 0.25) is 0 Å². The average Bonchev–Trinajstić information content (AvgIpc) is 2.76. The van der Waals surface area contributed by atoms with Crippen LogP contribution in [0.25, 0.3) is 0 Å². The predicted molar refractivity (Wildman–Crippen MR) is 123 cm³/mol. The molecule has 1 aliphatic heterocycles. The average molecular weight is 480 g/mol. The Morgan fingerprint density at radius 3 is 2.52 bits per heavy atom. The summed E-state index contributed by atoms with van der Waals surface area (Å²) >= 11 is 0. The SMILES string of the molecule is C[C@H]1CN([C@@H](C)CO)C(=O)c2cccc(NS(=O)(=O)c3ccc(F)cc3)c2O[C@H]1CN(C)C. The highest BCUT2D eigenvalue weighted by molar-refractivity contribution is 7.92. The van der Waals surface area contributed by atoms with Gasteiger partial charge in [0, 0.05) is 19.0 Å². The molecule has 2 N–H and O–H groups in total. The largest absolute Gasteiger partial charge is 0.486 e. The number of hydrogen-bond donors (Lipinski definition) is 2. The number of ether oxygens (including phenoxy) is 1. The van der Waals surface area contributed by atoms with E-state index in [2.05, 4.69) is 4.72 Å². The first-order valence-corrected chi connectivity index (χ1v) is 12.2. The zero-order valence-electron chi connectivity index (χ0n) is 19.2. The molecule has 0 aliphatic carbocycles. The zero-order valence-corrected chi connectivity index (χ0v) is 20.0. The fourth-order valence-electron chi connectivity index (χ4n) is 3.72. The van der Waals surface area contributed by atoms with Crippen molar-refractivity contribution in [2.24, 2.45) is 5.92 Å². The Morgan fingerprint density at radius 1 is 1.24 bits per heavy atom. The standard InChI is InChI=1S/C23H30FN3O5S/c1-15-12-27(16(2)14-28)23(29)19-6-5-7-20(22(19)32-21(15)13-26(3)4)25-33(30,31)18-10-8-17(24)9-11-18/h5-11,15-16,21,25,28H,12-14H2,1-4H3/t15-,16-,21-/m0/s1. The van der Waals surface area contributed by atoms with Gasteiger partial charge in [-0.05, 0) is 57.4 Å². The molecule has 0 unspecified atom stereocenters. The molecule has 2 aromatic rings. The summed E-state index contributed by atoms with van der Waals surface area (Å²) in [5.41, 5.74) is 0.310. The van der Waals surface area contributed by atoms with E-state index in [-0.39, 0.29) is 46.4 Å². The number of likely N-dealkylation sites (N-methyl/N-ethyl adjacent to an activating group) is 1. The Bertz CT molecular complexity index is 1090. The second kappa shape index (κ2) is 10.1. The number of sulfonamides is 1. The Balaban J connectivity index is 2.09. The smallest absolute Gasteiger partial charge is 0.262 e. The molecule has 0 fully saturated rings. The minimum Gasteiger partial charge on any atom is -0.486 e. The molecule has 0 aromatic heterocycles. The molecule has 180 valence electrons. The van der Waals surface area contributed by atoms with E-state index in [1.165, 1.54) is 6.07 Å². The van der Waals surface area contributed by atoms with Crippen LogP contribution in [-0.4, -0.2) is 75.2 Å². The number of nitrogens with one attached hydrogen (secondary N) is 1. The summed E-state index contributed by atoms with van der Waals surface area (Å²) in [5.74, 6) is -0.877. The first-order valence-electron chi connectivity index (χ1n) is 10.7. The van der Waals surface area contributed by atoms with Crippen LogP contribution in [0.1, 0.15) is 24.2 Å².